The fraction of sp³-hybridized carbons (Fsp3) is 0. The van der Waals surface area contributed by atoms with Gasteiger partial charge in [-0.2, -0.15) is 0 Å². The first-order chi connectivity index (χ1) is 4.34. The highest BCUT2D eigenvalue weighted by Gasteiger charge is 1.93. The van der Waals surface area contributed by atoms with Gasteiger partial charge < -0.3 is 0 Å². The molecule has 1 aromatic rings. The molecule has 0 fully saturated rings. The van der Waals surface area contributed by atoms with E-state index in [-0.39, 0.29) is 0 Å². The van der Waals surface area contributed by atoms with Crippen molar-refractivity contribution in [2.24, 2.45) is 5.14 Å². The van der Waals surface area contributed by atoms with Crippen molar-refractivity contribution >= 4 is 27.9 Å². The Labute approximate surface area is 66.1 Å². The van der Waals surface area contributed by atoms with Crippen molar-refractivity contribution in [2.75, 3.05) is 0 Å². The van der Waals surface area contributed by atoms with Crippen LogP contribution in [0.1, 0.15) is 0 Å². The zero-order chi connectivity index (χ0) is 6.69. The standard InChI is InChI=1S/C5H5BrN2S/c6-4-3-8-2-1-5(4)9-7/h1-3H,7H2. The van der Waals surface area contributed by atoms with Crippen molar-refractivity contribution in [2.45, 2.75) is 4.90 Å². The molecule has 1 rings (SSSR count). The molecule has 0 spiro atoms. The van der Waals surface area contributed by atoms with Crippen molar-refractivity contribution in [3.63, 3.8) is 0 Å². The molecule has 0 unspecified atom stereocenters. The van der Waals surface area contributed by atoms with E-state index in [4.69, 9.17) is 5.14 Å². The topological polar surface area (TPSA) is 38.9 Å². The van der Waals surface area contributed by atoms with Gasteiger partial charge in [-0.05, 0) is 33.9 Å². The molecule has 1 aromatic heterocycles. The molecule has 0 aromatic carbocycles. The highest BCUT2D eigenvalue weighted by atomic mass is 79.9. The quantitative estimate of drug-likeness (QED) is 0.710. The molecule has 0 aliphatic rings. The molecule has 0 atom stereocenters. The van der Waals surface area contributed by atoms with E-state index in [0.29, 0.717) is 0 Å². The Bertz CT molecular complexity index is 204. The van der Waals surface area contributed by atoms with Crippen LogP contribution in [-0.4, -0.2) is 4.98 Å². The lowest BCUT2D eigenvalue weighted by atomic mass is 10.5. The molecule has 0 aliphatic carbocycles. The highest BCUT2D eigenvalue weighted by molar-refractivity contribution is 9.10. The van der Waals surface area contributed by atoms with E-state index in [1.165, 1.54) is 11.9 Å². The SMILES string of the molecule is NSc1ccncc1Br. The maximum atomic E-state index is 5.31. The maximum Gasteiger partial charge on any atom is 0.0507 e. The summed E-state index contributed by atoms with van der Waals surface area (Å²) in [6.07, 6.45) is 3.43. The van der Waals surface area contributed by atoms with Gasteiger partial charge in [0.15, 0.2) is 0 Å². The average Bonchev–Trinajstić information content (AvgIpc) is 1.89. The normalized spacial score (nSPS) is 9.56. The monoisotopic (exact) mass is 204 g/mol. The van der Waals surface area contributed by atoms with Crippen LogP contribution in [0.25, 0.3) is 0 Å². The fourth-order valence-electron chi connectivity index (χ4n) is 0.458. The molecule has 0 radical (unpaired) electrons. The van der Waals surface area contributed by atoms with Crippen LogP contribution < -0.4 is 5.14 Å². The first kappa shape index (κ1) is 7.05. The summed E-state index contributed by atoms with van der Waals surface area (Å²) in [7, 11) is 0. The molecule has 9 heavy (non-hydrogen) atoms. The van der Waals surface area contributed by atoms with Gasteiger partial charge in [0.2, 0.25) is 0 Å². The summed E-state index contributed by atoms with van der Waals surface area (Å²) in [5, 5.41) is 5.31. The largest absolute Gasteiger partial charge is 0.274 e. The van der Waals surface area contributed by atoms with E-state index in [9.17, 15) is 0 Å². The number of hydrogen-bond donors (Lipinski definition) is 1. The van der Waals surface area contributed by atoms with Gasteiger partial charge in [-0.3, -0.25) is 10.1 Å². The predicted molar refractivity (Wildman–Crippen MR) is 42.0 cm³/mol. The van der Waals surface area contributed by atoms with Gasteiger partial charge in [0.1, 0.15) is 0 Å². The second kappa shape index (κ2) is 3.20. The van der Waals surface area contributed by atoms with Crippen molar-refractivity contribution < 1.29 is 0 Å². The number of aromatic nitrogens is 1. The van der Waals surface area contributed by atoms with Gasteiger partial charge in [-0.1, -0.05) is 0 Å². The molecule has 0 aliphatic heterocycles. The molecule has 2 N–H and O–H groups in total. The minimum Gasteiger partial charge on any atom is -0.274 e. The first-order valence-electron chi connectivity index (χ1n) is 2.31. The van der Waals surface area contributed by atoms with E-state index < -0.39 is 0 Å². The Morgan fingerprint density at radius 1 is 1.67 bits per heavy atom. The van der Waals surface area contributed by atoms with Crippen LogP contribution >= 0.6 is 27.9 Å². The fourth-order valence-corrected chi connectivity index (χ4v) is 1.29. The van der Waals surface area contributed by atoms with E-state index in [2.05, 4.69) is 20.9 Å². The van der Waals surface area contributed by atoms with Crippen LogP contribution in [0.15, 0.2) is 27.8 Å². The van der Waals surface area contributed by atoms with E-state index in [0.717, 1.165) is 9.37 Å². The first-order valence-corrected chi connectivity index (χ1v) is 3.98. The van der Waals surface area contributed by atoms with Crippen molar-refractivity contribution in [3.05, 3.63) is 22.9 Å². The summed E-state index contributed by atoms with van der Waals surface area (Å²) in [6, 6.07) is 1.86. The molecule has 2 nitrogen and oxygen atoms in total. The Balaban J connectivity index is 3.01. The maximum absolute atomic E-state index is 5.31. The zero-order valence-electron chi connectivity index (χ0n) is 4.54. The lowest BCUT2D eigenvalue weighted by Gasteiger charge is -1.94. The molecule has 0 amide bonds. The Hall–Kier alpha value is -0.0600. The van der Waals surface area contributed by atoms with Crippen LogP contribution in [0, 0.1) is 0 Å². The van der Waals surface area contributed by atoms with Gasteiger partial charge in [0, 0.05) is 17.3 Å². The Morgan fingerprint density at radius 2 is 2.44 bits per heavy atom. The predicted octanol–water partition coefficient (Wildman–Crippen LogP) is 1.81. The van der Waals surface area contributed by atoms with Crippen molar-refractivity contribution in [3.8, 4) is 0 Å². The van der Waals surface area contributed by atoms with Crippen molar-refractivity contribution in [1.82, 2.24) is 4.98 Å². The van der Waals surface area contributed by atoms with Gasteiger partial charge in [-0.25, -0.2) is 0 Å². The number of nitrogens with two attached hydrogens (primary N) is 1. The molecule has 4 heteroatoms. The zero-order valence-corrected chi connectivity index (χ0v) is 6.95. The number of pyridine rings is 1. The summed E-state index contributed by atoms with van der Waals surface area (Å²) < 4.78 is 0.942. The molecular formula is C5H5BrN2S. The summed E-state index contributed by atoms with van der Waals surface area (Å²) in [5.74, 6) is 0. The number of nitrogens with zero attached hydrogens (tertiary/aromatic N) is 1. The Morgan fingerprint density at radius 3 is 2.89 bits per heavy atom. The summed E-state index contributed by atoms with van der Waals surface area (Å²) >= 11 is 4.50. The van der Waals surface area contributed by atoms with Crippen LogP contribution in [0.4, 0.5) is 0 Å². The lowest BCUT2D eigenvalue weighted by Crippen LogP contribution is -1.81. The van der Waals surface area contributed by atoms with Crippen LogP contribution in [0.2, 0.25) is 0 Å². The third-order valence-electron chi connectivity index (χ3n) is 0.862. The average molecular weight is 205 g/mol. The van der Waals surface area contributed by atoms with Crippen LogP contribution in [0.5, 0.6) is 0 Å². The third-order valence-corrected chi connectivity index (χ3v) is 2.37. The Kier molecular flexibility index (Phi) is 2.50. The van der Waals surface area contributed by atoms with E-state index >= 15 is 0 Å². The minimum atomic E-state index is 0.942. The van der Waals surface area contributed by atoms with Crippen molar-refractivity contribution in [1.29, 1.82) is 0 Å². The smallest absolute Gasteiger partial charge is 0.0507 e. The van der Waals surface area contributed by atoms with E-state index in [1.807, 2.05) is 6.07 Å². The summed E-state index contributed by atoms with van der Waals surface area (Å²) in [5.41, 5.74) is 0. The lowest BCUT2D eigenvalue weighted by molar-refractivity contribution is 1.23. The highest BCUT2D eigenvalue weighted by Crippen LogP contribution is 2.21. The van der Waals surface area contributed by atoms with Crippen LogP contribution in [0.3, 0.4) is 0 Å². The van der Waals surface area contributed by atoms with Gasteiger partial charge in [0.25, 0.3) is 0 Å². The summed E-state index contributed by atoms with van der Waals surface area (Å²) in [6.45, 7) is 0. The molecule has 1 heterocycles. The molecule has 48 valence electrons. The van der Waals surface area contributed by atoms with Gasteiger partial charge in [-0.15, -0.1) is 0 Å². The van der Waals surface area contributed by atoms with Gasteiger partial charge in [0.05, 0.1) is 4.47 Å². The minimum absolute atomic E-state index is 0.942. The molecule has 0 saturated carbocycles. The second-order valence-electron chi connectivity index (χ2n) is 1.42. The van der Waals surface area contributed by atoms with Crippen LogP contribution in [-0.2, 0) is 0 Å². The summed E-state index contributed by atoms with van der Waals surface area (Å²) in [4.78, 5) is 4.88. The molecule has 0 bridgehead atoms. The third kappa shape index (κ3) is 1.67. The number of rotatable bonds is 1. The number of hydrogen-bond acceptors (Lipinski definition) is 3. The molecule has 0 saturated heterocycles. The number of halogens is 1. The van der Waals surface area contributed by atoms with Gasteiger partial charge >= 0.3 is 0 Å². The molecular weight excluding hydrogens is 200 g/mol. The van der Waals surface area contributed by atoms with E-state index in [1.54, 1.807) is 12.4 Å². The second-order valence-corrected chi connectivity index (χ2v) is 2.95.